The molecule has 0 saturated heterocycles. The molecule has 0 aromatic carbocycles. The van der Waals surface area contributed by atoms with Crippen molar-refractivity contribution in [1.82, 2.24) is 0 Å². The highest BCUT2D eigenvalue weighted by molar-refractivity contribution is 7.12. The number of thiophene rings is 1. The van der Waals surface area contributed by atoms with Crippen LogP contribution in [-0.2, 0) is 0 Å². The summed E-state index contributed by atoms with van der Waals surface area (Å²) in [5.41, 5.74) is 0. The summed E-state index contributed by atoms with van der Waals surface area (Å²) in [5, 5.41) is 0. The van der Waals surface area contributed by atoms with E-state index in [0.29, 0.717) is 0 Å². The van der Waals surface area contributed by atoms with Crippen LogP contribution in [0.1, 0.15) is 30.5 Å². The number of hydrogen-bond donors (Lipinski definition) is 0. The van der Waals surface area contributed by atoms with Gasteiger partial charge in [-0.15, -0.1) is 17.3 Å². The summed E-state index contributed by atoms with van der Waals surface area (Å²) < 4.78 is 0. The Morgan fingerprint density at radius 1 is 1.27 bits per heavy atom. The lowest BCUT2D eigenvalue weighted by atomic mass is 10.4. The SMILES string of the molecule is CC.CC#Cc1ccc(C)s1. The molecule has 0 nitrogen and oxygen atoms in total. The van der Waals surface area contributed by atoms with Crippen molar-refractivity contribution in [3.8, 4) is 11.8 Å². The van der Waals surface area contributed by atoms with Crippen LogP contribution in [0.3, 0.4) is 0 Å². The van der Waals surface area contributed by atoms with Crippen molar-refractivity contribution < 1.29 is 0 Å². The fourth-order valence-corrected chi connectivity index (χ4v) is 1.40. The van der Waals surface area contributed by atoms with Gasteiger partial charge in [0.05, 0.1) is 4.88 Å². The quantitative estimate of drug-likeness (QED) is 0.518. The molecule has 0 saturated carbocycles. The minimum absolute atomic E-state index is 1.16. The highest BCUT2D eigenvalue weighted by Crippen LogP contribution is 2.12. The summed E-state index contributed by atoms with van der Waals surface area (Å²) in [6.45, 7) is 7.94. The van der Waals surface area contributed by atoms with Crippen molar-refractivity contribution in [2.24, 2.45) is 0 Å². The molecular formula is C10H14S. The van der Waals surface area contributed by atoms with Crippen LogP contribution in [-0.4, -0.2) is 0 Å². The maximum absolute atomic E-state index is 3.00. The Balaban J connectivity index is 0.000000461. The van der Waals surface area contributed by atoms with Crippen LogP contribution >= 0.6 is 11.3 Å². The van der Waals surface area contributed by atoms with Gasteiger partial charge in [-0.1, -0.05) is 19.8 Å². The van der Waals surface area contributed by atoms with E-state index in [1.54, 1.807) is 11.3 Å². The van der Waals surface area contributed by atoms with Crippen LogP contribution in [0.5, 0.6) is 0 Å². The second kappa shape index (κ2) is 6.00. The van der Waals surface area contributed by atoms with Gasteiger partial charge in [0.1, 0.15) is 0 Å². The molecule has 1 rings (SSSR count). The molecule has 0 N–H and O–H groups in total. The highest BCUT2D eigenvalue weighted by atomic mass is 32.1. The molecule has 0 aliphatic carbocycles. The maximum Gasteiger partial charge on any atom is 0.0771 e. The molecule has 0 atom stereocenters. The van der Waals surface area contributed by atoms with Gasteiger partial charge in [-0.2, -0.15) is 0 Å². The first-order valence-electron chi connectivity index (χ1n) is 3.82. The van der Waals surface area contributed by atoms with Gasteiger partial charge in [-0.3, -0.25) is 0 Å². The van der Waals surface area contributed by atoms with Crippen LogP contribution in [0, 0.1) is 18.8 Å². The van der Waals surface area contributed by atoms with Crippen molar-refractivity contribution in [3.63, 3.8) is 0 Å². The molecular weight excluding hydrogens is 152 g/mol. The largest absolute Gasteiger partial charge is 0.132 e. The van der Waals surface area contributed by atoms with Gasteiger partial charge in [-0.05, 0) is 26.0 Å². The third-order valence-corrected chi connectivity index (χ3v) is 1.90. The zero-order valence-corrected chi connectivity index (χ0v) is 8.38. The zero-order valence-electron chi connectivity index (χ0n) is 7.56. The molecule has 1 heteroatoms. The Kier molecular flexibility index (Phi) is 5.60. The smallest absolute Gasteiger partial charge is 0.0771 e. The topological polar surface area (TPSA) is 0 Å². The van der Waals surface area contributed by atoms with E-state index in [2.05, 4.69) is 30.9 Å². The molecule has 0 radical (unpaired) electrons. The van der Waals surface area contributed by atoms with E-state index in [4.69, 9.17) is 0 Å². The summed E-state index contributed by atoms with van der Waals surface area (Å²) in [6.07, 6.45) is 0. The van der Waals surface area contributed by atoms with Gasteiger partial charge in [0, 0.05) is 4.88 Å². The maximum atomic E-state index is 3.00. The predicted molar refractivity (Wildman–Crippen MR) is 53.0 cm³/mol. The van der Waals surface area contributed by atoms with Crippen molar-refractivity contribution in [3.05, 3.63) is 21.9 Å². The Labute approximate surface area is 73.3 Å². The van der Waals surface area contributed by atoms with E-state index in [9.17, 15) is 0 Å². The van der Waals surface area contributed by atoms with E-state index in [-0.39, 0.29) is 0 Å². The summed E-state index contributed by atoms with van der Waals surface area (Å²) >= 11 is 1.74. The van der Waals surface area contributed by atoms with Gasteiger partial charge in [-0.25, -0.2) is 0 Å². The number of hydrogen-bond acceptors (Lipinski definition) is 1. The fourth-order valence-electron chi connectivity index (χ4n) is 0.625. The Hall–Kier alpha value is -0.740. The minimum Gasteiger partial charge on any atom is -0.132 e. The molecule has 1 heterocycles. The molecule has 0 aliphatic heterocycles. The summed E-state index contributed by atoms with van der Waals surface area (Å²) in [6, 6.07) is 4.14. The van der Waals surface area contributed by atoms with E-state index in [1.807, 2.05) is 20.8 Å². The lowest BCUT2D eigenvalue weighted by molar-refractivity contribution is 1.50. The average Bonchev–Trinajstić information content (AvgIpc) is 2.41. The lowest BCUT2D eigenvalue weighted by Gasteiger charge is -1.73. The number of rotatable bonds is 0. The van der Waals surface area contributed by atoms with Crippen molar-refractivity contribution in [2.75, 3.05) is 0 Å². The highest BCUT2D eigenvalue weighted by Gasteiger charge is 1.88. The van der Waals surface area contributed by atoms with Crippen LogP contribution in [0.2, 0.25) is 0 Å². The molecule has 1 aromatic heterocycles. The van der Waals surface area contributed by atoms with Crippen LogP contribution in [0.4, 0.5) is 0 Å². The van der Waals surface area contributed by atoms with E-state index >= 15 is 0 Å². The lowest BCUT2D eigenvalue weighted by Crippen LogP contribution is -1.54. The zero-order chi connectivity index (χ0) is 8.69. The van der Waals surface area contributed by atoms with E-state index in [0.717, 1.165) is 4.88 Å². The summed E-state index contributed by atoms with van der Waals surface area (Å²) in [5.74, 6) is 5.85. The van der Waals surface area contributed by atoms with Crippen LogP contribution in [0.15, 0.2) is 12.1 Å². The molecule has 0 bridgehead atoms. The van der Waals surface area contributed by atoms with Gasteiger partial charge < -0.3 is 0 Å². The molecule has 1 aromatic rings. The van der Waals surface area contributed by atoms with E-state index < -0.39 is 0 Å². The molecule has 11 heavy (non-hydrogen) atoms. The van der Waals surface area contributed by atoms with Gasteiger partial charge in [0.25, 0.3) is 0 Å². The Morgan fingerprint density at radius 3 is 2.27 bits per heavy atom. The molecule has 0 unspecified atom stereocenters. The molecule has 0 fully saturated rings. The minimum atomic E-state index is 1.16. The monoisotopic (exact) mass is 166 g/mol. The second-order valence-electron chi connectivity index (χ2n) is 1.79. The van der Waals surface area contributed by atoms with Crippen molar-refractivity contribution in [1.29, 1.82) is 0 Å². The molecule has 60 valence electrons. The molecule has 0 amide bonds. The first-order valence-corrected chi connectivity index (χ1v) is 4.64. The van der Waals surface area contributed by atoms with Crippen molar-refractivity contribution in [2.45, 2.75) is 27.7 Å². The van der Waals surface area contributed by atoms with Crippen LogP contribution < -0.4 is 0 Å². The third-order valence-electron chi connectivity index (χ3n) is 0.989. The molecule has 0 aliphatic rings. The van der Waals surface area contributed by atoms with Gasteiger partial charge >= 0.3 is 0 Å². The first kappa shape index (κ1) is 10.3. The number of aryl methyl sites for hydroxylation is 1. The second-order valence-corrected chi connectivity index (χ2v) is 3.07. The molecule has 0 spiro atoms. The van der Waals surface area contributed by atoms with Crippen molar-refractivity contribution >= 4 is 11.3 Å². The standard InChI is InChI=1S/C8H8S.C2H6/c1-3-4-8-6-5-7(2)9-8;1-2/h5-6H,1-2H3;1-2H3. The summed E-state index contributed by atoms with van der Waals surface area (Å²) in [4.78, 5) is 2.49. The van der Waals surface area contributed by atoms with E-state index in [1.165, 1.54) is 4.88 Å². The summed E-state index contributed by atoms with van der Waals surface area (Å²) in [7, 11) is 0. The fraction of sp³-hybridized carbons (Fsp3) is 0.400. The van der Waals surface area contributed by atoms with Crippen LogP contribution in [0.25, 0.3) is 0 Å². The first-order chi connectivity index (χ1) is 5.33. The Morgan fingerprint density at radius 2 is 1.91 bits per heavy atom. The normalized spacial score (nSPS) is 7.27. The Bertz CT molecular complexity index is 247. The average molecular weight is 166 g/mol. The van der Waals surface area contributed by atoms with Gasteiger partial charge in [0.15, 0.2) is 0 Å². The van der Waals surface area contributed by atoms with Gasteiger partial charge in [0.2, 0.25) is 0 Å². The predicted octanol–water partition coefficient (Wildman–Crippen LogP) is 3.45. The third kappa shape index (κ3) is 3.85.